The zero-order valence-electron chi connectivity index (χ0n) is 12.9. The van der Waals surface area contributed by atoms with Gasteiger partial charge in [-0.15, -0.1) is 0 Å². The van der Waals surface area contributed by atoms with Gasteiger partial charge in [-0.2, -0.15) is 0 Å². The molecule has 0 amide bonds. The van der Waals surface area contributed by atoms with E-state index in [1.54, 1.807) is 7.11 Å². The van der Waals surface area contributed by atoms with Gasteiger partial charge in [-0.1, -0.05) is 13.8 Å². The van der Waals surface area contributed by atoms with Crippen molar-refractivity contribution in [3.63, 3.8) is 0 Å². The molecular weight excluding hydrogens is 224 g/mol. The van der Waals surface area contributed by atoms with Crippen LogP contribution < -0.4 is 5.73 Å². The Morgan fingerprint density at radius 3 is 2.61 bits per heavy atom. The van der Waals surface area contributed by atoms with E-state index in [1.165, 1.54) is 19.3 Å². The molecule has 1 aliphatic rings. The molecule has 2 N–H and O–H groups in total. The zero-order chi connectivity index (χ0) is 13.8. The van der Waals surface area contributed by atoms with Crippen LogP contribution in [0, 0.1) is 11.3 Å². The molecule has 3 heteroatoms. The average Bonchev–Trinajstić information content (AvgIpc) is 2.28. The van der Waals surface area contributed by atoms with Gasteiger partial charge in [-0.25, -0.2) is 0 Å². The molecule has 1 aliphatic carbocycles. The third-order valence-corrected chi connectivity index (χ3v) is 4.36. The van der Waals surface area contributed by atoms with Crippen molar-refractivity contribution in [3.05, 3.63) is 0 Å². The zero-order valence-corrected chi connectivity index (χ0v) is 12.9. The Balaban J connectivity index is 2.55. The molecule has 1 rings (SSSR count). The summed E-state index contributed by atoms with van der Waals surface area (Å²) in [6.07, 6.45) is 3.70. The van der Waals surface area contributed by atoms with Crippen molar-refractivity contribution in [2.24, 2.45) is 17.1 Å². The average molecular weight is 256 g/mol. The predicted molar refractivity (Wildman–Crippen MR) is 77.7 cm³/mol. The van der Waals surface area contributed by atoms with Gasteiger partial charge in [-0.05, 0) is 44.4 Å². The van der Waals surface area contributed by atoms with E-state index in [1.807, 2.05) is 0 Å². The van der Waals surface area contributed by atoms with Gasteiger partial charge in [0.25, 0.3) is 0 Å². The number of nitrogens with zero attached hydrogens (tertiary/aromatic N) is 1. The molecule has 0 heterocycles. The predicted octanol–water partition coefficient (Wildman–Crippen LogP) is 2.50. The van der Waals surface area contributed by atoms with Crippen LogP contribution in [0.1, 0.15) is 47.0 Å². The van der Waals surface area contributed by atoms with Crippen molar-refractivity contribution in [1.29, 1.82) is 0 Å². The normalized spacial score (nSPS) is 28.0. The lowest BCUT2D eigenvalue weighted by atomic mass is 9.70. The third-order valence-electron chi connectivity index (χ3n) is 4.36. The fraction of sp³-hybridized carbons (Fsp3) is 1.00. The molecule has 3 nitrogen and oxygen atoms in total. The maximum atomic E-state index is 6.32. The highest BCUT2D eigenvalue weighted by Gasteiger charge is 2.34. The summed E-state index contributed by atoms with van der Waals surface area (Å²) in [5.74, 6) is 0.632. The lowest BCUT2D eigenvalue weighted by molar-refractivity contribution is 0.0783. The van der Waals surface area contributed by atoms with Gasteiger partial charge in [-0.3, -0.25) is 4.90 Å². The van der Waals surface area contributed by atoms with Crippen molar-refractivity contribution in [3.8, 4) is 0 Å². The van der Waals surface area contributed by atoms with E-state index in [9.17, 15) is 0 Å². The van der Waals surface area contributed by atoms with Gasteiger partial charge in [0.2, 0.25) is 0 Å². The van der Waals surface area contributed by atoms with Crippen LogP contribution in [0.2, 0.25) is 0 Å². The molecule has 108 valence electrons. The van der Waals surface area contributed by atoms with E-state index in [0.717, 1.165) is 19.7 Å². The standard InChI is InChI=1S/C15H32N2O/c1-12(2)17(8-9-18-5)11-13-10-15(3,4)7-6-14(13)16/h12-14H,6-11,16H2,1-5H3. The highest BCUT2D eigenvalue weighted by Crippen LogP contribution is 2.38. The first kappa shape index (κ1) is 15.9. The lowest BCUT2D eigenvalue weighted by Gasteiger charge is -2.42. The number of nitrogens with two attached hydrogens (primary N) is 1. The Labute approximate surface area is 113 Å². The molecule has 2 atom stereocenters. The van der Waals surface area contributed by atoms with Crippen LogP contribution in [0.3, 0.4) is 0 Å². The first-order valence-electron chi connectivity index (χ1n) is 7.34. The van der Waals surface area contributed by atoms with E-state index in [-0.39, 0.29) is 0 Å². The summed E-state index contributed by atoms with van der Waals surface area (Å²) in [6.45, 7) is 12.2. The molecule has 0 aromatic heterocycles. The summed E-state index contributed by atoms with van der Waals surface area (Å²) < 4.78 is 5.21. The molecule has 0 aromatic rings. The molecule has 0 aliphatic heterocycles. The maximum Gasteiger partial charge on any atom is 0.0589 e. The molecule has 0 radical (unpaired) electrons. The summed E-state index contributed by atoms with van der Waals surface area (Å²) >= 11 is 0. The number of hydrogen-bond donors (Lipinski definition) is 1. The molecule has 0 saturated heterocycles. The highest BCUT2D eigenvalue weighted by atomic mass is 16.5. The van der Waals surface area contributed by atoms with Gasteiger partial charge in [0.15, 0.2) is 0 Å². The smallest absolute Gasteiger partial charge is 0.0589 e. The van der Waals surface area contributed by atoms with Crippen LogP contribution in [0.15, 0.2) is 0 Å². The van der Waals surface area contributed by atoms with Crippen molar-refractivity contribution in [1.82, 2.24) is 4.90 Å². The quantitative estimate of drug-likeness (QED) is 0.793. The molecule has 0 bridgehead atoms. The maximum absolute atomic E-state index is 6.32. The minimum absolute atomic E-state index is 0.377. The van der Waals surface area contributed by atoms with Crippen molar-refractivity contribution < 1.29 is 4.74 Å². The Bertz CT molecular complexity index is 241. The van der Waals surface area contributed by atoms with Crippen molar-refractivity contribution in [2.45, 2.75) is 59.0 Å². The number of rotatable bonds is 6. The minimum atomic E-state index is 0.377. The summed E-state index contributed by atoms with van der Waals surface area (Å²) in [7, 11) is 1.77. The fourth-order valence-electron chi connectivity index (χ4n) is 3.03. The van der Waals surface area contributed by atoms with Crippen LogP contribution in [-0.2, 0) is 4.74 Å². The first-order valence-corrected chi connectivity index (χ1v) is 7.34. The minimum Gasteiger partial charge on any atom is -0.383 e. The highest BCUT2D eigenvalue weighted by molar-refractivity contribution is 4.89. The van der Waals surface area contributed by atoms with E-state index in [0.29, 0.717) is 23.4 Å². The second kappa shape index (κ2) is 6.88. The topological polar surface area (TPSA) is 38.5 Å². The monoisotopic (exact) mass is 256 g/mol. The molecule has 0 spiro atoms. The molecule has 1 saturated carbocycles. The summed E-state index contributed by atoms with van der Waals surface area (Å²) in [5.41, 5.74) is 6.78. The summed E-state index contributed by atoms with van der Waals surface area (Å²) in [5, 5.41) is 0. The Morgan fingerprint density at radius 2 is 2.06 bits per heavy atom. The second-order valence-corrected chi connectivity index (χ2v) is 6.91. The van der Waals surface area contributed by atoms with Gasteiger partial charge in [0.05, 0.1) is 6.61 Å². The molecular formula is C15H32N2O. The van der Waals surface area contributed by atoms with E-state index in [4.69, 9.17) is 10.5 Å². The lowest BCUT2D eigenvalue weighted by Crippen LogP contribution is -2.47. The SMILES string of the molecule is COCCN(CC1CC(C)(C)CCC1N)C(C)C. The van der Waals surface area contributed by atoms with E-state index in [2.05, 4.69) is 32.6 Å². The summed E-state index contributed by atoms with van der Waals surface area (Å²) in [4.78, 5) is 2.51. The number of ether oxygens (including phenoxy) is 1. The van der Waals surface area contributed by atoms with Crippen molar-refractivity contribution in [2.75, 3.05) is 26.8 Å². The van der Waals surface area contributed by atoms with Crippen LogP contribution in [0.25, 0.3) is 0 Å². The van der Waals surface area contributed by atoms with E-state index >= 15 is 0 Å². The van der Waals surface area contributed by atoms with Gasteiger partial charge >= 0.3 is 0 Å². The van der Waals surface area contributed by atoms with Gasteiger partial charge < -0.3 is 10.5 Å². The Kier molecular flexibility index (Phi) is 6.09. The third kappa shape index (κ3) is 4.87. The number of hydrogen-bond acceptors (Lipinski definition) is 3. The Hall–Kier alpha value is -0.120. The fourth-order valence-corrected chi connectivity index (χ4v) is 3.03. The van der Waals surface area contributed by atoms with Crippen molar-refractivity contribution >= 4 is 0 Å². The molecule has 2 unspecified atom stereocenters. The molecule has 1 fully saturated rings. The summed E-state index contributed by atoms with van der Waals surface area (Å²) in [6, 6.07) is 0.944. The number of methoxy groups -OCH3 is 1. The van der Waals surface area contributed by atoms with Crippen LogP contribution in [0.5, 0.6) is 0 Å². The van der Waals surface area contributed by atoms with Gasteiger partial charge in [0, 0.05) is 32.3 Å². The van der Waals surface area contributed by atoms with E-state index < -0.39 is 0 Å². The van der Waals surface area contributed by atoms with Crippen LogP contribution in [0.4, 0.5) is 0 Å². The largest absolute Gasteiger partial charge is 0.383 e. The second-order valence-electron chi connectivity index (χ2n) is 6.91. The molecule has 0 aromatic carbocycles. The van der Waals surface area contributed by atoms with Gasteiger partial charge in [0.1, 0.15) is 0 Å². The Morgan fingerprint density at radius 1 is 1.39 bits per heavy atom. The van der Waals surface area contributed by atoms with Crippen LogP contribution in [-0.4, -0.2) is 43.8 Å². The van der Waals surface area contributed by atoms with Crippen LogP contribution >= 0.6 is 0 Å². The molecule has 18 heavy (non-hydrogen) atoms. The first-order chi connectivity index (χ1) is 8.35.